The summed E-state index contributed by atoms with van der Waals surface area (Å²) in [5.74, 6) is 0.414. The molecule has 2 aromatic carbocycles. The summed E-state index contributed by atoms with van der Waals surface area (Å²) < 4.78 is 1.68. The van der Waals surface area contributed by atoms with E-state index in [1.54, 1.807) is 23.1 Å². The third-order valence-electron chi connectivity index (χ3n) is 3.74. The average molecular weight is 406 g/mol. The quantitative estimate of drug-likeness (QED) is 0.594. The van der Waals surface area contributed by atoms with Crippen LogP contribution in [0.1, 0.15) is 16.7 Å². The number of hydrogen-bond donors (Lipinski definition) is 2. The van der Waals surface area contributed by atoms with Gasteiger partial charge in [-0.25, -0.2) is 9.67 Å². The number of nitrogens with zero attached hydrogens (tertiary/aromatic N) is 3. The molecule has 26 heavy (non-hydrogen) atoms. The molecule has 0 aliphatic carbocycles. The van der Waals surface area contributed by atoms with Crippen LogP contribution in [-0.4, -0.2) is 19.9 Å². The van der Waals surface area contributed by atoms with Crippen LogP contribution >= 0.6 is 35.4 Å². The molecule has 3 aromatic rings. The van der Waals surface area contributed by atoms with Crippen molar-refractivity contribution in [3.8, 4) is 0 Å². The molecule has 0 amide bonds. The highest BCUT2D eigenvalue weighted by atomic mass is 35.5. The van der Waals surface area contributed by atoms with Crippen molar-refractivity contribution in [1.29, 1.82) is 0 Å². The molecule has 5 nitrogen and oxygen atoms in total. The van der Waals surface area contributed by atoms with Gasteiger partial charge >= 0.3 is 0 Å². The molecule has 0 saturated carbocycles. The fraction of sp³-hybridized carbons (Fsp3) is 0.167. The number of aromatic nitrogens is 3. The average Bonchev–Trinajstić information content (AvgIpc) is 3.00. The van der Waals surface area contributed by atoms with E-state index >= 15 is 0 Å². The molecule has 8 heteroatoms. The summed E-state index contributed by atoms with van der Waals surface area (Å²) in [5, 5.41) is 12.1. The maximum Gasteiger partial charge on any atom is 0.248 e. The molecule has 1 heterocycles. The summed E-state index contributed by atoms with van der Waals surface area (Å²) in [4.78, 5) is 4.22. The van der Waals surface area contributed by atoms with E-state index in [2.05, 4.69) is 33.7 Å². The van der Waals surface area contributed by atoms with Crippen molar-refractivity contribution < 1.29 is 0 Å². The van der Waals surface area contributed by atoms with Crippen LogP contribution in [0.4, 0.5) is 11.6 Å². The summed E-state index contributed by atoms with van der Waals surface area (Å²) in [7, 11) is 0. The van der Waals surface area contributed by atoms with Crippen molar-refractivity contribution >= 4 is 52.2 Å². The van der Waals surface area contributed by atoms with Crippen molar-refractivity contribution in [2.75, 3.05) is 10.6 Å². The molecule has 0 aliphatic rings. The first-order chi connectivity index (χ1) is 12.4. The number of nitrogens with one attached hydrogen (secondary N) is 2. The molecule has 0 unspecified atom stereocenters. The topological polar surface area (TPSA) is 54.8 Å². The van der Waals surface area contributed by atoms with Gasteiger partial charge in [-0.15, -0.1) is 5.10 Å². The van der Waals surface area contributed by atoms with E-state index in [1.165, 1.54) is 5.56 Å². The lowest BCUT2D eigenvalue weighted by Crippen LogP contribution is -2.20. The minimum atomic E-state index is 0.414. The number of hydrogen-bond acceptors (Lipinski definition) is 3. The van der Waals surface area contributed by atoms with Gasteiger partial charge in [0.15, 0.2) is 5.11 Å². The highest BCUT2D eigenvalue weighted by molar-refractivity contribution is 7.80. The smallest absolute Gasteiger partial charge is 0.248 e. The number of rotatable bonds is 4. The predicted molar refractivity (Wildman–Crippen MR) is 111 cm³/mol. The second-order valence-electron chi connectivity index (χ2n) is 5.90. The van der Waals surface area contributed by atoms with Gasteiger partial charge in [0.1, 0.15) is 6.33 Å². The molecule has 0 bridgehead atoms. The van der Waals surface area contributed by atoms with E-state index in [1.807, 2.05) is 25.1 Å². The van der Waals surface area contributed by atoms with Crippen molar-refractivity contribution in [3.05, 3.63) is 69.5 Å². The lowest BCUT2D eigenvalue weighted by Gasteiger charge is -2.11. The first-order valence-corrected chi connectivity index (χ1v) is 9.06. The molecule has 0 fully saturated rings. The monoisotopic (exact) mass is 405 g/mol. The zero-order valence-electron chi connectivity index (χ0n) is 14.3. The van der Waals surface area contributed by atoms with E-state index in [-0.39, 0.29) is 0 Å². The minimum Gasteiger partial charge on any atom is -0.332 e. The van der Waals surface area contributed by atoms with E-state index in [4.69, 9.17) is 35.4 Å². The van der Waals surface area contributed by atoms with Gasteiger partial charge in [0.2, 0.25) is 5.95 Å². The Bertz CT molecular complexity index is 955. The third-order valence-corrected chi connectivity index (χ3v) is 4.53. The van der Waals surface area contributed by atoms with Gasteiger partial charge in [0.25, 0.3) is 0 Å². The van der Waals surface area contributed by atoms with Gasteiger partial charge in [0, 0.05) is 15.7 Å². The Morgan fingerprint density at radius 2 is 1.92 bits per heavy atom. The fourth-order valence-electron chi connectivity index (χ4n) is 2.46. The number of thiocarbonyl (C=S) groups is 1. The Labute approximate surface area is 167 Å². The zero-order chi connectivity index (χ0) is 18.7. The van der Waals surface area contributed by atoms with Crippen LogP contribution in [0.15, 0.2) is 42.7 Å². The Hall–Kier alpha value is -2.15. The van der Waals surface area contributed by atoms with E-state index < -0.39 is 0 Å². The van der Waals surface area contributed by atoms with E-state index in [0.29, 0.717) is 27.7 Å². The molecule has 0 radical (unpaired) electrons. The molecule has 134 valence electrons. The summed E-state index contributed by atoms with van der Waals surface area (Å²) in [6.45, 7) is 4.57. The number of halogens is 2. The van der Waals surface area contributed by atoms with E-state index in [0.717, 1.165) is 16.8 Å². The molecule has 3 rings (SSSR count). The van der Waals surface area contributed by atoms with Gasteiger partial charge in [-0.05, 0) is 55.4 Å². The maximum absolute atomic E-state index is 6.19. The van der Waals surface area contributed by atoms with E-state index in [9.17, 15) is 0 Å². The lowest BCUT2D eigenvalue weighted by molar-refractivity contribution is 0.687. The lowest BCUT2D eigenvalue weighted by atomic mass is 10.1. The number of aryl methyl sites for hydroxylation is 2. The van der Waals surface area contributed by atoms with Gasteiger partial charge in [-0.1, -0.05) is 47.0 Å². The molecule has 2 N–H and O–H groups in total. The number of anilines is 2. The van der Waals surface area contributed by atoms with Gasteiger partial charge in [-0.3, -0.25) is 5.32 Å². The molecule has 1 aromatic heterocycles. The van der Waals surface area contributed by atoms with Gasteiger partial charge in [-0.2, -0.15) is 0 Å². The van der Waals surface area contributed by atoms with Crippen LogP contribution < -0.4 is 10.6 Å². The van der Waals surface area contributed by atoms with Gasteiger partial charge < -0.3 is 5.32 Å². The minimum absolute atomic E-state index is 0.414. The van der Waals surface area contributed by atoms with Gasteiger partial charge in [0.05, 0.1) is 6.54 Å². The Balaban J connectivity index is 1.63. The number of benzene rings is 2. The standard InChI is InChI=1S/C18H17Cl2N5S/c1-11-3-6-16(12(2)7-11)22-18(26)23-17-21-10-25(24-17)9-13-4-5-14(19)8-15(13)20/h3-8,10H,9H2,1-2H3,(H2,22,23,24,26). The van der Waals surface area contributed by atoms with Crippen molar-refractivity contribution in [2.45, 2.75) is 20.4 Å². The molecular formula is C18H17Cl2N5S. The predicted octanol–water partition coefficient (Wildman–Crippen LogP) is 5.06. The fourth-order valence-corrected chi connectivity index (χ4v) is 3.13. The largest absolute Gasteiger partial charge is 0.332 e. The summed E-state index contributed by atoms with van der Waals surface area (Å²) >= 11 is 17.4. The molecule has 0 atom stereocenters. The first-order valence-electron chi connectivity index (χ1n) is 7.89. The summed E-state index contributed by atoms with van der Waals surface area (Å²) in [5.41, 5.74) is 4.17. The van der Waals surface area contributed by atoms with Crippen molar-refractivity contribution in [3.63, 3.8) is 0 Å². The van der Waals surface area contributed by atoms with Crippen LogP contribution in [0.25, 0.3) is 0 Å². The molecule has 0 aliphatic heterocycles. The van der Waals surface area contributed by atoms with Crippen molar-refractivity contribution in [1.82, 2.24) is 14.8 Å². The van der Waals surface area contributed by atoms with Crippen molar-refractivity contribution in [2.24, 2.45) is 0 Å². The van der Waals surface area contributed by atoms with Crippen LogP contribution in [-0.2, 0) is 6.54 Å². The highest BCUT2D eigenvalue weighted by Crippen LogP contribution is 2.21. The Kier molecular flexibility index (Phi) is 5.76. The molecule has 0 saturated heterocycles. The molecular weight excluding hydrogens is 389 g/mol. The second kappa shape index (κ2) is 8.03. The Morgan fingerprint density at radius 1 is 1.12 bits per heavy atom. The first kappa shape index (κ1) is 18.6. The summed E-state index contributed by atoms with van der Waals surface area (Å²) in [6, 6.07) is 11.5. The maximum atomic E-state index is 6.19. The van der Waals surface area contributed by atoms with Crippen LogP contribution in [0, 0.1) is 13.8 Å². The van der Waals surface area contributed by atoms with Crippen LogP contribution in [0.3, 0.4) is 0 Å². The zero-order valence-corrected chi connectivity index (χ0v) is 16.6. The van der Waals surface area contributed by atoms with Crippen LogP contribution in [0.2, 0.25) is 10.0 Å². The normalized spacial score (nSPS) is 10.6. The third kappa shape index (κ3) is 4.72. The second-order valence-corrected chi connectivity index (χ2v) is 7.15. The molecule has 0 spiro atoms. The Morgan fingerprint density at radius 3 is 2.65 bits per heavy atom. The summed E-state index contributed by atoms with van der Waals surface area (Å²) in [6.07, 6.45) is 1.62. The highest BCUT2D eigenvalue weighted by Gasteiger charge is 2.07. The van der Waals surface area contributed by atoms with Crippen LogP contribution in [0.5, 0.6) is 0 Å². The SMILES string of the molecule is Cc1ccc(NC(=S)Nc2ncn(Cc3ccc(Cl)cc3Cl)n2)c(C)c1.